The highest BCUT2D eigenvalue weighted by Crippen LogP contribution is 2.23. The summed E-state index contributed by atoms with van der Waals surface area (Å²) < 4.78 is 42.7. The lowest BCUT2D eigenvalue weighted by Crippen LogP contribution is -2.40. The first-order valence-corrected chi connectivity index (χ1v) is 10.7. The first-order chi connectivity index (χ1) is 13.2. The molecule has 0 spiro atoms. The van der Waals surface area contributed by atoms with Gasteiger partial charge in [-0.1, -0.05) is 0 Å². The quantitative estimate of drug-likeness (QED) is 0.434. The molecule has 0 unspecified atom stereocenters. The number of halogens is 1. The van der Waals surface area contributed by atoms with Crippen molar-refractivity contribution in [3.63, 3.8) is 0 Å². The van der Waals surface area contributed by atoms with Gasteiger partial charge in [0.15, 0.2) is 5.78 Å². The Balaban J connectivity index is 1.59. The monoisotopic (exact) mass is 405 g/mol. The van der Waals surface area contributed by atoms with E-state index in [1.165, 1.54) is 40.7 Å². The minimum absolute atomic E-state index is 0.258. The highest BCUT2D eigenvalue weighted by atomic mass is 32.2. The fourth-order valence-corrected chi connectivity index (χ4v) is 3.94. The predicted molar refractivity (Wildman–Crippen MR) is 101 cm³/mol. The summed E-state index contributed by atoms with van der Waals surface area (Å²) in [4.78, 5) is 24.7. The van der Waals surface area contributed by atoms with E-state index < -0.39 is 21.8 Å². The third kappa shape index (κ3) is 4.82. The van der Waals surface area contributed by atoms with Crippen molar-refractivity contribution in [1.82, 2.24) is 4.31 Å². The van der Waals surface area contributed by atoms with Gasteiger partial charge in [0.1, 0.15) is 11.6 Å². The molecule has 1 heterocycles. The molecule has 2 aromatic carbocycles. The SMILES string of the molecule is CS(=O)(=O)N1CCC(C(=O)Oc2ccc(C(=O)c3ccc(F)cc3)cc2)CC1. The number of benzene rings is 2. The standard InChI is InChI=1S/C20H20FNO5S/c1-28(25,26)22-12-10-16(11-13-22)20(24)27-18-8-4-15(5-9-18)19(23)14-2-6-17(21)7-3-14/h2-9,16H,10-13H2,1H3. The molecule has 0 radical (unpaired) electrons. The molecule has 1 fully saturated rings. The zero-order valence-corrected chi connectivity index (χ0v) is 16.1. The van der Waals surface area contributed by atoms with E-state index in [9.17, 15) is 22.4 Å². The van der Waals surface area contributed by atoms with E-state index >= 15 is 0 Å². The lowest BCUT2D eigenvalue weighted by molar-refractivity contribution is -0.140. The average molecular weight is 405 g/mol. The number of nitrogens with zero attached hydrogens (tertiary/aromatic N) is 1. The highest BCUT2D eigenvalue weighted by molar-refractivity contribution is 7.88. The fourth-order valence-electron chi connectivity index (χ4n) is 3.06. The molecule has 148 valence electrons. The molecule has 0 aromatic heterocycles. The van der Waals surface area contributed by atoms with Gasteiger partial charge in [-0.3, -0.25) is 9.59 Å². The number of carbonyl (C=O) groups is 2. The van der Waals surface area contributed by atoms with E-state index in [-0.39, 0.29) is 11.7 Å². The van der Waals surface area contributed by atoms with Crippen molar-refractivity contribution in [3.8, 4) is 5.75 Å². The predicted octanol–water partition coefficient (Wildman–Crippen LogP) is 2.63. The summed E-state index contributed by atoms with van der Waals surface area (Å²) in [7, 11) is -3.24. The van der Waals surface area contributed by atoms with Crippen LogP contribution in [-0.2, 0) is 14.8 Å². The van der Waals surface area contributed by atoms with E-state index in [1.807, 2.05) is 0 Å². The summed E-state index contributed by atoms with van der Waals surface area (Å²) >= 11 is 0. The Bertz CT molecular complexity index is 963. The molecule has 0 aliphatic carbocycles. The summed E-state index contributed by atoms with van der Waals surface area (Å²) in [5.41, 5.74) is 0.761. The lowest BCUT2D eigenvalue weighted by atomic mass is 9.98. The molecule has 6 nitrogen and oxygen atoms in total. The van der Waals surface area contributed by atoms with Gasteiger partial charge < -0.3 is 4.74 Å². The second-order valence-corrected chi connectivity index (χ2v) is 8.70. The number of carbonyl (C=O) groups excluding carboxylic acids is 2. The molecular formula is C20H20FNO5S. The van der Waals surface area contributed by atoms with Crippen LogP contribution in [0.1, 0.15) is 28.8 Å². The van der Waals surface area contributed by atoms with Gasteiger partial charge in [0.25, 0.3) is 0 Å². The molecule has 0 saturated carbocycles. The molecule has 1 saturated heterocycles. The molecule has 0 amide bonds. The molecule has 1 aliphatic rings. The van der Waals surface area contributed by atoms with Crippen LogP contribution in [0.4, 0.5) is 4.39 Å². The van der Waals surface area contributed by atoms with Crippen molar-refractivity contribution >= 4 is 21.8 Å². The van der Waals surface area contributed by atoms with Crippen LogP contribution in [0.15, 0.2) is 48.5 Å². The Morgan fingerprint density at radius 2 is 1.46 bits per heavy atom. The largest absolute Gasteiger partial charge is 0.426 e. The van der Waals surface area contributed by atoms with Crippen LogP contribution in [0.3, 0.4) is 0 Å². The van der Waals surface area contributed by atoms with Crippen LogP contribution in [-0.4, -0.2) is 43.8 Å². The molecule has 28 heavy (non-hydrogen) atoms. The van der Waals surface area contributed by atoms with E-state index in [1.54, 1.807) is 12.1 Å². The number of rotatable bonds is 5. The van der Waals surface area contributed by atoms with Gasteiger partial charge in [-0.05, 0) is 61.4 Å². The number of piperidine rings is 1. The molecule has 0 N–H and O–H groups in total. The molecular weight excluding hydrogens is 385 g/mol. The molecule has 0 bridgehead atoms. The number of hydrogen-bond donors (Lipinski definition) is 0. The Morgan fingerprint density at radius 1 is 0.964 bits per heavy atom. The Hall–Kier alpha value is -2.58. The van der Waals surface area contributed by atoms with E-state index in [2.05, 4.69) is 0 Å². The van der Waals surface area contributed by atoms with Gasteiger partial charge in [-0.25, -0.2) is 17.1 Å². The first kappa shape index (κ1) is 20.2. The number of esters is 1. The van der Waals surface area contributed by atoms with Crippen LogP contribution in [0.25, 0.3) is 0 Å². The number of sulfonamides is 1. The van der Waals surface area contributed by atoms with Gasteiger partial charge >= 0.3 is 5.97 Å². The minimum Gasteiger partial charge on any atom is -0.426 e. The van der Waals surface area contributed by atoms with Crippen molar-refractivity contribution in [1.29, 1.82) is 0 Å². The van der Waals surface area contributed by atoms with Crippen LogP contribution in [0.2, 0.25) is 0 Å². The Kier molecular flexibility index (Phi) is 5.90. The second kappa shape index (κ2) is 8.20. The Labute approximate surface area is 163 Å². The van der Waals surface area contributed by atoms with Gasteiger partial charge in [-0.15, -0.1) is 0 Å². The van der Waals surface area contributed by atoms with Gasteiger partial charge in [0.05, 0.1) is 12.2 Å². The minimum atomic E-state index is -3.24. The Morgan fingerprint density at radius 3 is 1.96 bits per heavy atom. The summed E-state index contributed by atoms with van der Waals surface area (Å²) in [5, 5.41) is 0. The summed E-state index contributed by atoms with van der Waals surface area (Å²) in [6.45, 7) is 0.591. The molecule has 3 rings (SSSR count). The maximum absolute atomic E-state index is 13.0. The zero-order chi connectivity index (χ0) is 20.3. The fraction of sp³-hybridized carbons (Fsp3) is 0.300. The number of ether oxygens (including phenoxy) is 1. The summed E-state index contributed by atoms with van der Waals surface area (Å²) in [5.74, 6) is -1.14. The summed E-state index contributed by atoms with van der Waals surface area (Å²) in [6.07, 6.45) is 1.97. The number of hydrogen-bond acceptors (Lipinski definition) is 5. The van der Waals surface area contributed by atoms with Crippen molar-refractivity contribution in [2.75, 3.05) is 19.3 Å². The van der Waals surface area contributed by atoms with Crippen LogP contribution in [0, 0.1) is 11.7 Å². The normalized spacial score (nSPS) is 15.9. The topological polar surface area (TPSA) is 80.8 Å². The average Bonchev–Trinajstić information content (AvgIpc) is 2.68. The van der Waals surface area contributed by atoms with Crippen molar-refractivity contribution < 1.29 is 27.1 Å². The van der Waals surface area contributed by atoms with Crippen LogP contribution >= 0.6 is 0 Å². The smallest absolute Gasteiger partial charge is 0.314 e. The van der Waals surface area contributed by atoms with Gasteiger partial charge in [-0.2, -0.15) is 0 Å². The molecule has 2 aromatic rings. The summed E-state index contributed by atoms with van der Waals surface area (Å²) in [6, 6.07) is 11.4. The van der Waals surface area contributed by atoms with Crippen LogP contribution in [0.5, 0.6) is 5.75 Å². The molecule has 8 heteroatoms. The molecule has 1 aliphatic heterocycles. The van der Waals surface area contributed by atoms with Crippen molar-refractivity contribution in [2.45, 2.75) is 12.8 Å². The van der Waals surface area contributed by atoms with E-state index in [0.29, 0.717) is 42.8 Å². The van der Waals surface area contributed by atoms with Crippen molar-refractivity contribution in [2.24, 2.45) is 5.92 Å². The first-order valence-electron chi connectivity index (χ1n) is 8.81. The maximum Gasteiger partial charge on any atom is 0.314 e. The second-order valence-electron chi connectivity index (χ2n) is 6.72. The third-order valence-corrected chi connectivity index (χ3v) is 6.00. The van der Waals surface area contributed by atoms with Gasteiger partial charge in [0, 0.05) is 24.2 Å². The number of ketones is 1. The maximum atomic E-state index is 13.0. The lowest BCUT2D eigenvalue weighted by Gasteiger charge is -2.28. The van der Waals surface area contributed by atoms with E-state index in [4.69, 9.17) is 4.74 Å². The van der Waals surface area contributed by atoms with Gasteiger partial charge in [0.2, 0.25) is 10.0 Å². The van der Waals surface area contributed by atoms with Crippen LogP contribution < -0.4 is 4.74 Å². The van der Waals surface area contributed by atoms with Crippen molar-refractivity contribution in [3.05, 3.63) is 65.5 Å². The molecule has 0 atom stereocenters. The third-order valence-electron chi connectivity index (χ3n) is 4.70. The highest BCUT2D eigenvalue weighted by Gasteiger charge is 2.30. The van der Waals surface area contributed by atoms with E-state index in [0.717, 1.165) is 6.26 Å². The zero-order valence-electron chi connectivity index (χ0n) is 15.3.